The zero-order chi connectivity index (χ0) is 13.4. The first kappa shape index (κ1) is 13.0. The lowest BCUT2D eigenvalue weighted by Crippen LogP contribution is -2.22. The van der Waals surface area contributed by atoms with Crippen molar-refractivity contribution in [1.29, 1.82) is 0 Å². The Balaban J connectivity index is 1.96. The summed E-state index contributed by atoms with van der Waals surface area (Å²) in [5.41, 5.74) is 6.79. The van der Waals surface area contributed by atoms with Gasteiger partial charge in [-0.05, 0) is 42.0 Å². The van der Waals surface area contributed by atoms with E-state index in [1.54, 1.807) is 0 Å². The van der Waals surface area contributed by atoms with Crippen LogP contribution in [-0.2, 0) is 0 Å². The smallest absolute Gasteiger partial charge is 0.164 e. The fraction of sp³-hybridized carbons (Fsp3) is 0.583. The van der Waals surface area contributed by atoms with Gasteiger partial charge >= 0.3 is 0 Å². The minimum Gasteiger partial charge on any atom is -0.383 e. The molecular weight excluding hydrogens is 355 g/mol. The molecule has 1 atom stereocenters. The highest BCUT2D eigenvalue weighted by Gasteiger charge is 2.27. The van der Waals surface area contributed by atoms with Crippen molar-refractivity contribution in [3.05, 3.63) is 10.0 Å². The largest absolute Gasteiger partial charge is 0.383 e. The van der Waals surface area contributed by atoms with Crippen molar-refractivity contribution in [2.75, 3.05) is 25.4 Å². The Hall–Kier alpha value is -0.960. The lowest BCUT2D eigenvalue weighted by atomic mass is 10.2. The number of fused-ring (bicyclic) bond motifs is 1. The van der Waals surface area contributed by atoms with E-state index in [-0.39, 0.29) is 0 Å². The summed E-state index contributed by atoms with van der Waals surface area (Å²) in [6, 6.07) is 0.395. The van der Waals surface area contributed by atoms with Crippen molar-refractivity contribution in [2.24, 2.45) is 0 Å². The summed E-state index contributed by atoms with van der Waals surface area (Å²) < 4.78 is 2.92. The summed E-state index contributed by atoms with van der Waals surface area (Å²) in [6.45, 7) is 5.55. The van der Waals surface area contributed by atoms with E-state index in [9.17, 15) is 0 Å². The minimum absolute atomic E-state index is 0.395. The second-order valence-corrected chi connectivity index (χ2v) is 5.96. The molecular formula is C12H17IN6. The molecule has 2 N–H and O–H groups in total. The molecule has 0 aromatic carbocycles. The molecule has 0 amide bonds. The van der Waals surface area contributed by atoms with Gasteiger partial charge in [0, 0.05) is 13.1 Å². The maximum absolute atomic E-state index is 5.92. The number of hydrogen-bond acceptors (Lipinski definition) is 5. The molecule has 6 nitrogen and oxygen atoms in total. The number of aromatic nitrogens is 4. The topological polar surface area (TPSA) is 72.9 Å². The van der Waals surface area contributed by atoms with Gasteiger partial charge in [0.2, 0.25) is 0 Å². The van der Waals surface area contributed by atoms with Crippen LogP contribution in [0, 0.1) is 3.70 Å². The zero-order valence-electron chi connectivity index (χ0n) is 10.9. The summed E-state index contributed by atoms with van der Waals surface area (Å²) in [4.78, 5) is 10.9. The van der Waals surface area contributed by atoms with Crippen LogP contribution < -0.4 is 5.73 Å². The Labute approximate surface area is 125 Å². The van der Waals surface area contributed by atoms with Crippen LogP contribution in [0.25, 0.3) is 11.0 Å². The van der Waals surface area contributed by atoms with Crippen LogP contribution in [0.2, 0.25) is 0 Å². The zero-order valence-corrected chi connectivity index (χ0v) is 13.0. The number of likely N-dealkylation sites (tertiary alicyclic amines) is 1. The van der Waals surface area contributed by atoms with Gasteiger partial charge in [-0.1, -0.05) is 6.92 Å². The third-order valence-electron chi connectivity index (χ3n) is 3.61. The second-order valence-electron chi connectivity index (χ2n) is 4.94. The molecule has 2 aromatic heterocycles. The van der Waals surface area contributed by atoms with E-state index in [1.165, 1.54) is 12.7 Å². The number of rotatable bonds is 3. The fourth-order valence-corrected chi connectivity index (χ4v) is 3.49. The van der Waals surface area contributed by atoms with Crippen molar-refractivity contribution in [1.82, 2.24) is 24.6 Å². The molecule has 0 spiro atoms. The molecule has 7 heteroatoms. The van der Waals surface area contributed by atoms with E-state index in [0.29, 0.717) is 11.9 Å². The Morgan fingerprint density at radius 3 is 3.11 bits per heavy atom. The molecule has 1 fully saturated rings. The maximum Gasteiger partial charge on any atom is 0.164 e. The van der Waals surface area contributed by atoms with Gasteiger partial charge in [0.05, 0.1) is 11.4 Å². The Morgan fingerprint density at radius 2 is 2.32 bits per heavy atom. The summed E-state index contributed by atoms with van der Waals surface area (Å²) in [6.07, 6.45) is 3.83. The van der Waals surface area contributed by atoms with Gasteiger partial charge in [0.1, 0.15) is 15.8 Å². The van der Waals surface area contributed by atoms with Crippen LogP contribution in [0.4, 0.5) is 5.82 Å². The van der Waals surface area contributed by atoms with Gasteiger partial charge < -0.3 is 10.6 Å². The summed E-state index contributed by atoms with van der Waals surface area (Å²) in [7, 11) is 0. The van der Waals surface area contributed by atoms with E-state index in [2.05, 4.69) is 49.5 Å². The Bertz CT molecular complexity index is 595. The molecule has 19 heavy (non-hydrogen) atoms. The van der Waals surface area contributed by atoms with E-state index in [4.69, 9.17) is 5.73 Å². The monoisotopic (exact) mass is 372 g/mol. The molecule has 102 valence electrons. The average molecular weight is 372 g/mol. The summed E-state index contributed by atoms with van der Waals surface area (Å²) >= 11 is 2.21. The van der Waals surface area contributed by atoms with Crippen molar-refractivity contribution in [3.63, 3.8) is 0 Å². The first-order chi connectivity index (χ1) is 9.20. The van der Waals surface area contributed by atoms with Gasteiger partial charge in [0.25, 0.3) is 0 Å². The van der Waals surface area contributed by atoms with Gasteiger partial charge in [0.15, 0.2) is 5.65 Å². The molecule has 0 bridgehead atoms. The molecule has 2 aromatic rings. The Kier molecular flexibility index (Phi) is 3.57. The molecule has 3 rings (SSSR count). The van der Waals surface area contributed by atoms with Gasteiger partial charge in [-0.3, -0.25) is 0 Å². The third-order valence-corrected chi connectivity index (χ3v) is 4.36. The highest BCUT2D eigenvalue weighted by molar-refractivity contribution is 14.1. The maximum atomic E-state index is 5.92. The predicted molar refractivity (Wildman–Crippen MR) is 82.8 cm³/mol. The molecule has 0 aliphatic carbocycles. The number of nitrogens with zero attached hydrogens (tertiary/aromatic N) is 5. The van der Waals surface area contributed by atoms with Crippen molar-refractivity contribution in [3.8, 4) is 0 Å². The van der Waals surface area contributed by atoms with Gasteiger partial charge in [-0.15, -0.1) is 0 Å². The molecule has 1 aliphatic heterocycles. The van der Waals surface area contributed by atoms with Crippen LogP contribution in [0.1, 0.15) is 25.8 Å². The molecule has 1 saturated heterocycles. The van der Waals surface area contributed by atoms with E-state index in [1.807, 2.05) is 4.68 Å². The van der Waals surface area contributed by atoms with Gasteiger partial charge in [-0.2, -0.15) is 5.10 Å². The summed E-state index contributed by atoms with van der Waals surface area (Å²) in [5.74, 6) is 0.518. The number of hydrogen-bond donors (Lipinski definition) is 1. The van der Waals surface area contributed by atoms with Crippen molar-refractivity contribution in [2.45, 2.75) is 25.8 Å². The second kappa shape index (κ2) is 5.20. The highest BCUT2D eigenvalue weighted by atomic mass is 127. The van der Waals surface area contributed by atoms with Crippen LogP contribution in [0.15, 0.2) is 6.33 Å². The van der Waals surface area contributed by atoms with E-state index in [0.717, 1.165) is 40.8 Å². The SMILES string of the molecule is CCCN1CC[C@H](n2nc(I)c3c(N)ncnc32)C1. The van der Waals surface area contributed by atoms with Crippen LogP contribution in [0.5, 0.6) is 0 Å². The fourth-order valence-electron chi connectivity index (χ4n) is 2.74. The van der Waals surface area contributed by atoms with Crippen molar-refractivity contribution < 1.29 is 0 Å². The average Bonchev–Trinajstić information content (AvgIpc) is 2.96. The first-order valence-electron chi connectivity index (χ1n) is 6.57. The predicted octanol–water partition coefficient (Wildman–Crippen LogP) is 1.67. The lowest BCUT2D eigenvalue weighted by Gasteiger charge is -2.15. The van der Waals surface area contributed by atoms with Gasteiger partial charge in [-0.25, -0.2) is 14.6 Å². The quantitative estimate of drug-likeness (QED) is 0.830. The molecule has 3 heterocycles. The standard InChI is InChI=1S/C12H17IN6/c1-2-4-18-5-3-8(6-18)19-12-9(10(13)17-19)11(14)15-7-16-12/h7-8H,2-6H2,1H3,(H2,14,15,16)/t8-/m0/s1. The number of halogens is 1. The first-order valence-corrected chi connectivity index (χ1v) is 7.65. The highest BCUT2D eigenvalue weighted by Crippen LogP contribution is 2.29. The van der Waals surface area contributed by atoms with Crippen LogP contribution in [-0.4, -0.2) is 44.3 Å². The third kappa shape index (κ3) is 2.29. The number of nitrogens with two attached hydrogens (primary N) is 1. The molecule has 0 radical (unpaired) electrons. The van der Waals surface area contributed by atoms with Crippen LogP contribution >= 0.6 is 22.6 Å². The Morgan fingerprint density at radius 1 is 1.47 bits per heavy atom. The summed E-state index contributed by atoms with van der Waals surface area (Å²) in [5, 5.41) is 5.51. The normalized spacial score (nSPS) is 20.4. The number of anilines is 1. The van der Waals surface area contributed by atoms with E-state index >= 15 is 0 Å². The lowest BCUT2D eigenvalue weighted by molar-refractivity contribution is 0.321. The number of nitrogen functional groups attached to an aromatic ring is 1. The molecule has 0 unspecified atom stereocenters. The minimum atomic E-state index is 0.395. The van der Waals surface area contributed by atoms with Crippen LogP contribution in [0.3, 0.4) is 0 Å². The van der Waals surface area contributed by atoms with Crippen molar-refractivity contribution >= 4 is 39.4 Å². The molecule has 0 saturated carbocycles. The molecule has 1 aliphatic rings. The van der Waals surface area contributed by atoms with E-state index < -0.39 is 0 Å².